The van der Waals surface area contributed by atoms with Crippen molar-refractivity contribution in [2.45, 2.75) is 26.3 Å². The van der Waals surface area contributed by atoms with Crippen LogP contribution in [-0.2, 0) is 0 Å². The monoisotopic (exact) mass is 252 g/mol. The van der Waals surface area contributed by atoms with Gasteiger partial charge in [0, 0.05) is 19.2 Å². The van der Waals surface area contributed by atoms with E-state index in [1.54, 1.807) is 6.07 Å². The third kappa shape index (κ3) is 3.36. The SMILES string of the molecule is CC(C)N(CCCO)c1cccc(Cl)c1C#N. The van der Waals surface area contributed by atoms with Gasteiger partial charge in [-0.05, 0) is 32.4 Å². The van der Waals surface area contributed by atoms with Crippen molar-refractivity contribution in [2.75, 3.05) is 18.1 Å². The molecular weight excluding hydrogens is 236 g/mol. The topological polar surface area (TPSA) is 47.3 Å². The van der Waals surface area contributed by atoms with Crippen LogP contribution >= 0.6 is 11.6 Å². The Hall–Kier alpha value is -1.24. The number of benzene rings is 1. The number of nitriles is 1. The number of halogens is 1. The lowest BCUT2D eigenvalue weighted by molar-refractivity contribution is 0.288. The second-order valence-electron chi connectivity index (χ2n) is 4.11. The summed E-state index contributed by atoms with van der Waals surface area (Å²) >= 11 is 6.01. The molecule has 4 heteroatoms. The molecule has 0 atom stereocenters. The van der Waals surface area contributed by atoms with E-state index in [4.69, 9.17) is 22.0 Å². The summed E-state index contributed by atoms with van der Waals surface area (Å²) in [7, 11) is 0. The third-order valence-corrected chi connectivity index (χ3v) is 2.91. The molecule has 0 fully saturated rings. The molecule has 1 aromatic carbocycles. The van der Waals surface area contributed by atoms with Gasteiger partial charge in [0.15, 0.2) is 0 Å². The smallest absolute Gasteiger partial charge is 0.103 e. The Morgan fingerprint density at radius 1 is 1.47 bits per heavy atom. The minimum absolute atomic E-state index is 0.145. The van der Waals surface area contributed by atoms with Crippen LogP contribution in [-0.4, -0.2) is 24.3 Å². The average molecular weight is 253 g/mol. The normalized spacial score (nSPS) is 10.4. The quantitative estimate of drug-likeness (QED) is 0.877. The van der Waals surface area contributed by atoms with Crippen molar-refractivity contribution in [3.63, 3.8) is 0 Å². The van der Waals surface area contributed by atoms with Crippen LogP contribution in [0.5, 0.6) is 0 Å². The Morgan fingerprint density at radius 2 is 2.18 bits per heavy atom. The van der Waals surface area contributed by atoms with E-state index in [2.05, 4.69) is 24.8 Å². The van der Waals surface area contributed by atoms with E-state index in [9.17, 15) is 0 Å². The fraction of sp³-hybridized carbons (Fsp3) is 0.462. The molecule has 0 radical (unpaired) electrons. The molecule has 0 saturated heterocycles. The van der Waals surface area contributed by atoms with Crippen LogP contribution in [0.15, 0.2) is 18.2 Å². The third-order valence-electron chi connectivity index (χ3n) is 2.59. The first-order valence-electron chi connectivity index (χ1n) is 5.68. The lowest BCUT2D eigenvalue weighted by Crippen LogP contribution is -2.32. The van der Waals surface area contributed by atoms with Gasteiger partial charge in [0.25, 0.3) is 0 Å². The van der Waals surface area contributed by atoms with Crippen LogP contribution < -0.4 is 4.90 Å². The number of nitrogens with zero attached hydrogens (tertiary/aromatic N) is 2. The van der Waals surface area contributed by atoms with Gasteiger partial charge in [0.1, 0.15) is 6.07 Å². The van der Waals surface area contributed by atoms with Gasteiger partial charge in [0.2, 0.25) is 0 Å². The second-order valence-corrected chi connectivity index (χ2v) is 4.52. The lowest BCUT2D eigenvalue weighted by Gasteiger charge is -2.29. The molecular formula is C13H17ClN2O. The number of rotatable bonds is 5. The fourth-order valence-electron chi connectivity index (χ4n) is 1.76. The summed E-state index contributed by atoms with van der Waals surface area (Å²) in [6, 6.07) is 7.84. The van der Waals surface area contributed by atoms with Gasteiger partial charge in [-0.2, -0.15) is 5.26 Å². The maximum absolute atomic E-state index is 9.14. The van der Waals surface area contributed by atoms with E-state index in [-0.39, 0.29) is 12.6 Å². The molecule has 0 heterocycles. The van der Waals surface area contributed by atoms with E-state index in [0.717, 1.165) is 5.69 Å². The van der Waals surface area contributed by atoms with Crippen molar-refractivity contribution in [1.82, 2.24) is 0 Å². The molecule has 0 unspecified atom stereocenters. The molecule has 0 amide bonds. The first kappa shape index (κ1) is 13.8. The first-order valence-corrected chi connectivity index (χ1v) is 6.05. The predicted molar refractivity (Wildman–Crippen MR) is 70.4 cm³/mol. The van der Waals surface area contributed by atoms with Crippen molar-refractivity contribution in [1.29, 1.82) is 5.26 Å². The number of aliphatic hydroxyl groups is 1. The summed E-state index contributed by atoms with van der Waals surface area (Å²) < 4.78 is 0. The highest BCUT2D eigenvalue weighted by molar-refractivity contribution is 6.32. The molecule has 1 N–H and O–H groups in total. The van der Waals surface area contributed by atoms with Crippen molar-refractivity contribution >= 4 is 17.3 Å². The molecule has 1 rings (SSSR count). The summed E-state index contributed by atoms with van der Waals surface area (Å²) in [5.41, 5.74) is 1.34. The van der Waals surface area contributed by atoms with E-state index in [1.165, 1.54) is 0 Å². The van der Waals surface area contributed by atoms with E-state index < -0.39 is 0 Å². The predicted octanol–water partition coefficient (Wildman–Crippen LogP) is 2.81. The molecule has 0 aliphatic heterocycles. The van der Waals surface area contributed by atoms with Crippen LogP contribution in [0.2, 0.25) is 5.02 Å². The standard InChI is InChI=1S/C13H17ClN2O/c1-10(2)16(7-4-8-17)13-6-3-5-12(14)11(13)9-15/h3,5-6,10,17H,4,7-8H2,1-2H3. The molecule has 17 heavy (non-hydrogen) atoms. The Morgan fingerprint density at radius 3 is 2.71 bits per heavy atom. The van der Waals surface area contributed by atoms with Crippen molar-refractivity contribution in [3.05, 3.63) is 28.8 Å². The van der Waals surface area contributed by atoms with Crippen LogP contribution in [0.25, 0.3) is 0 Å². The minimum atomic E-state index is 0.145. The van der Waals surface area contributed by atoms with Crippen LogP contribution in [0.1, 0.15) is 25.8 Å². The number of hydrogen-bond donors (Lipinski definition) is 1. The number of hydrogen-bond acceptors (Lipinski definition) is 3. The zero-order chi connectivity index (χ0) is 12.8. The maximum Gasteiger partial charge on any atom is 0.103 e. The van der Waals surface area contributed by atoms with Crippen molar-refractivity contribution in [3.8, 4) is 6.07 Å². The first-order chi connectivity index (χ1) is 8.11. The van der Waals surface area contributed by atoms with E-state index in [1.807, 2.05) is 12.1 Å². The van der Waals surface area contributed by atoms with Crippen LogP contribution in [0, 0.1) is 11.3 Å². The zero-order valence-corrected chi connectivity index (χ0v) is 10.9. The molecule has 0 aromatic heterocycles. The summed E-state index contributed by atoms with van der Waals surface area (Å²) in [6.45, 7) is 4.97. The van der Waals surface area contributed by atoms with E-state index >= 15 is 0 Å². The fourth-order valence-corrected chi connectivity index (χ4v) is 1.97. The molecule has 1 aromatic rings. The van der Waals surface area contributed by atoms with Gasteiger partial charge in [-0.3, -0.25) is 0 Å². The largest absolute Gasteiger partial charge is 0.396 e. The summed E-state index contributed by atoms with van der Waals surface area (Å²) in [5, 5.41) is 18.5. The van der Waals surface area contributed by atoms with Gasteiger partial charge in [0.05, 0.1) is 16.3 Å². The molecule has 3 nitrogen and oxygen atoms in total. The minimum Gasteiger partial charge on any atom is -0.396 e. The molecule has 0 aliphatic carbocycles. The van der Waals surface area contributed by atoms with Gasteiger partial charge >= 0.3 is 0 Å². The number of aliphatic hydroxyl groups excluding tert-OH is 1. The second kappa shape index (κ2) is 6.48. The van der Waals surface area contributed by atoms with Gasteiger partial charge < -0.3 is 10.0 Å². The Kier molecular flexibility index (Phi) is 5.27. The van der Waals surface area contributed by atoms with Gasteiger partial charge in [-0.1, -0.05) is 17.7 Å². The molecule has 0 aliphatic rings. The lowest BCUT2D eigenvalue weighted by atomic mass is 10.1. The van der Waals surface area contributed by atoms with Crippen LogP contribution in [0.3, 0.4) is 0 Å². The molecule has 0 spiro atoms. The summed E-state index contributed by atoms with van der Waals surface area (Å²) in [4.78, 5) is 2.08. The Bertz CT molecular complexity index is 412. The molecule has 0 bridgehead atoms. The van der Waals surface area contributed by atoms with Gasteiger partial charge in [-0.15, -0.1) is 0 Å². The van der Waals surface area contributed by atoms with Crippen molar-refractivity contribution < 1.29 is 5.11 Å². The molecule has 92 valence electrons. The average Bonchev–Trinajstić information content (AvgIpc) is 2.29. The summed E-state index contributed by atoms with van der Waals surface area (Å²) in [5.74, 6) is 0. The zero-order valence-electron chi connectivity index (χ0n) is 10.2. The highest BCUT2D eigenvalue weighted by Gasteiger charge is 2.15. The van der Waals surface area contributed by atoms with Crippen LogP contribution in [0.4, 0.5) is 5.69 Å². The highest BCUT2D eigenvalue weighted by Crippen LogP contribution is 2.28. The maximum atomic E-state index is 9.14. The summed E-state index contributed by atoms with van der Waals surface area (Å²) in [6.07, 6.45) is 0.676. The van der Waals surface area contributed by atoms with Gasteiger partial charge in [-0.25, -0.2) is 0 Å². The highest BCUT2D eigenvalue weighted by atomic mass is 35.5. The van der Waals surface area contributed by atoms with Crippen molar-refractivity contribution in [2.24, 2.45) is 0 Å². The number of anilines is 1. The van der Waals surface area contributed by atoms with E-state index in [0.29, 0.717) is 23.6 Å². The Balaban J connectivity index is 3.10. The Labute approximate surface area is 107 Å². The molecule has 0 saturated carbocycles.